The van der Waals surface area contributed by atoms with Crippen molar-refractivity contribution < 1.29 is 0 Å². The Labute approximate surface area is 138 Å². The molecule has 0 saturated heterocycles. The smallest absolute Gasteiger partial charge is 0.132 e. The first-order chi connectivity index (χ1) is 11.4. The highest BCUT2D eigenvalue weighted by molar-refractivity contribution is 7.98. The summed E-state index contributed by atoms with van der Waals surface area (Å²) < 4.78 is 1.99. The lowest BCUT2D eigenvalue weighted by Gasteiger charge is -2.15. The molecule has 0 radical (unpaired) electrons. The second kappa shape index (κ2) is 6.04. The van der Waals surface area contributed by atoms with E-state index < -0.39 is 0 Å². The Morgan fingerprint density at radius 2 is 1.87 bits per heavy atom. The molecule has 0 aliphatic carbocycles. The van der Waals surface area contributed by atoms with Crippen molar-refractivity contribution in [3.05, 3.63) is 54.4 Å². The number of nitrogens with zero attached hydrogens (tertiary/aromatic N) is 4. The maximum Gasteiger partial charge on any atom is 0.132 e. The number of hydrogen-bond donors (Lipinski definition) is 1. The predicted molar refractivity (Wildman–Crippen MR) is 94.8 cm³/mol. The standard InChI is InChI=1S/C17H17N5S/c1-23-11-10-16(17-18-12-6-2-3-7-13(12)19-17)22-15-9-5-4-8-14(15)20-21-22/h2-9,16H,10-11H2,1H3,(H,18,19). The molecule has 116 valence electrons. The summed E-state index contributed by atoms with van der Waals surface area (Å²) in [4.78, 5) is 8.22. The van der Waals surface area contributed by atoms with E-state index in [1.165, 1.54) is 0 Å². The predicted octanol–water partition coefficient (Wildman–Crippen LogP) is 3.65. The first-order valence-electron chi connectivity index (χ1n) is 7.60. The molecule has 0 amide bonds. The Hall–Kier alpha value is -2.34. The van der Waals surface area contributed by atoms with Gasteiger partial charge in [-0.3, -0.25) is 0 Å². The number of benzene rings is 2. The van der Waals surface area contributed by atoms with E-state index in [0.29, 0.717) is 0 Å². The van der Waals surface area contributed by atoms with E-state index in [9.17, 15) is 0 Å². The molecule has 0 fully saturated rings. The molecule has 2 aromatic heterocycles. The Morgan fingerprint density at radius 1 is 1.09 bits per heavy atom. The third kappa shape index (κ3) is 2.59. The molecular weight excluding hydrogens is 306 g/mol. The molecule has 0 aliphatic rings. The Morgan fingerprint density at radius 3 is 2.70 bits per heavy atom. The van der Waals surface area contributed by atoms with Gasteiger partial charge >= 0.3 is 0 Å². The minimum Gasteiger partial charge on any atom is -0.340 e. The summed E-state index contributed by atoms with van der Waals surface area (Å²) in [5, 5.41) is 8.68. The molecule has 5 nitrogen and oxygen atoms in total. The van der Waals surface area contributed by atoms with E-state index in [2.05, 4.69) is 33.7 Å². The van der Waals surface area contributed by atoms with Crippen LogP contribution in [-0.2, 0) is 0 Å². The molecule has 2 aromatic carbocycles. The number of aromatic amines is 1. The van der Waals surface area contributed by atoms with Gasteiger partial charge in [-0.2, -0.15) is 11.8 Å². The number of imidazole rings is 1. The van der Waals surface area contributed by atoms with Gasteiger partial charge in [-0.05, 0) is 42.7 Å². The van der Waals surface area contributed by atoms with Crippen molar-refractivity contribution in [3.63, 3.8) is 0 Å². The van der Waals surface area contributed by atoms with Crippen LogP contribution in [0.15, 0.2) is 48.5 Å². The Bertz CT molecular complexity index is 909. The van der Waals surface area contributed by atoms with E-state index in [4.69, 9.17) is 4.98 Å². The highest BCUT2D eigenvalue weighted by Crippen LogP contribution is 2.26. The van der Waals surface area contributed by atoms with Crippen molar-refractivity contribution in [2.45, 2.75) is 12.5 Å². The number of thioether (sulfide) groups is 1. The molecule has 4 rings (SSSR count). The van der Waals surface area contributed by atoms with Gasteiger partial charge in [-0.25, -0.2) is 9.67 Å². The lowest BCUT2D eigenvalue weighted by Crippen LogP contribution is -2.15. The highest BCUT2D eigenvalue weighted by atomic mass is 32.2. The molecule has 1 N–H and O–H groups in total. The summed E-state index contributed by atoms with van der Waals surface area (Å²) in [5.41, 5.74) is 4.00. The Balaban J connectivity index is 1.83. The van der Waals surface area contributed by atoms with Gasteiger partial charge < -0.3 is 4.98 Å². The molecule has 0 aliphatic heterocycles. The first kappa shape index (κ1) is 14.3. The van der Waals surface area contributed by atoms with Gasteiger partial charge in [0.1, 0.15) is 17.4 Å². The van der Waals surface area contributed by atoms with Crippen LogP contribution in [0, 0.1) is 0 Å². The van der Waals surface area contributed by atoms with Crippen LogP contribution in [0.3, 0.4) is 0 Å². The molecule has 0 spiro atoms. The molecular formula is C17H17N5S. The maximum atomic E-state index is 4.78. The van der Waals surface area contributed by atoms with Crippen LogP contribution < -0.4 is 0 Å². The largest absolute Gasteiger partial charge is 0.340 e. The topological polar surface area (TPSA) is 59.4 Å². The van der Waals surface area contributed by atoms with Crippen LogP contribution in [0.25, 0.3) is 22.1 Å². The van der Waals surface area contributed by atoms with E-state index in [-0.39, 0.29) is 6.04 Å². The van der Waals surface area contributed by atoms with Crippen LogP contribution in [-0.4, -0.2) is 37.0 Å². The molecule has 0 saturated carbocycles. The SMILES string of the molecule is CSCCC(c1nc2ccccc2[nH]1)n1nnc2ccccc21. The van der Waals surface area contributed by atoms with Crippen LogP contribution >= 0.6 is 11.8 Å². The lowest BCUT2D eigenvalue weighted by molar-refractivity contribution is 0.492. The molecule has 4 aromatic rings. The fraction of sp³-hybridized carbons (Fsp3) is 0.235. The molecule has 0 bridgehead atoms. The van der Waals surface area contributed by atoms with Crippen molar-refractivity contribution >= 4 is 33.8 Å². The quantitative estimate of drug-likeness (QED) is 0.609. The monoisotopic (exact) mass is 323 g/mol. The number of H-pyrrole nitrogens is 1. The average Bonchev–Trinajstić information content (AvgIpc) is 3.20. The zero-order valence-electron chi connectivity index (χ0n) is 12.8. The van der Waals surface area contributed by atoms with E-state index in [0.717, 1.165) is 40.1 Å². The second-order valence-corrected chi connectivity index (χ2v) is 6.44. The third-order valence-corrected chi connectivity index (χ3v) is 4.64. The molecule has 23 heavy (non-hydrogen) atoms. The van der Waals surface area contributed by atoms with E-state index in [1.54, 1.807) is 0 Å². The fourth-order valence-electron chi connectivity index (χ4n) is 2.85. The van der Waals surface area contributed by atoms with Crippen LogP contribution in [0.2, 0.25) is 0 Å². The van der Waals surface area contributed by atoms with Crippen LogP contribution in [0.1, 0.15) is 18.3 Å². The van der Waals surface area contributed by atoms with E-state index >= 15 is 0 Å². The fourth-order valence-corrected chi connectivity index (χ4v) is 3.31. The first-order valence-corrected chi connectivity index (χ1v) is 9.00. The zero-order chi connectivity index (χ0) is 15.6. The third-order valence-electron chi connectivity index (χ3n) is 3.99. The minimum atomic E-state index is 0.0576. The van der Waals surface area contributed by atoms with Crippen molar-refractivity contribution in [1.29, 1.82) is 0 Å². The summed E-state index contributed by atoms with van der Waals surface area (Å²) in [7, 11) is 0. The number of fused-ring (bicyclic) bond motifs is 2. The van der Waals surface area contributed by atoms with Crippen molar-refractivity contribution in [3.8, 4) is 0 Å². The normalized spacial score (nSPS) is 12.9. The Kier molecular flexibility index (Phi) is 3.75. The zero-order valence-corrected chi connectivity index (χ0v) is 13.6. The summed E-state index contributed by atoms with van der Waals surface area (Å²) >= 11 is 1.83. The minimum absolute atomic E-state index is 0.0576. The molecule has 1 atom stereocenters. The average molecular weight is 323 g/mol. The number of rotatable bonds is 5. The van der Waals surface area contributed by atoms with Crippen molar-refractivity contribution in [2.75, 3.05) is 12.0 Å². The number of nitrogens with one attached hydrogen (secondary N) is 1. The number of hydrogen-bond acceptors (Lipinski definition) is 4. The summed E-state index contributed by atoms with van der Waals surface area (Å²) in [6, 6.07) is 16.2. The summed E-state index contributed by atoms with van der Waals surface area (Å²) in [6.45, 7) is 0. The van der Waals surface area contributed by atoms with Gasteiger partial charge in [0.05, 0.1) is 16.6 Å². The van der Waals surface area contributed by atoms with Gasteiger partial charge in [0.25, 0.3) is 0 Å². The van der Waals surface area contributed by atoms with Gasteiger partial charge in [0.15, 0.2) is 0 Å². The van der Waals surface area contributed by atoms with Gasteiger partial charge in [0, 0.05) is 0 Å². The van der Waals surface area contributed by atoms with Crippen molar-refractivity contribution in [1.82, 2.24) is 25.0 Å². The summed E-state index contributed by atoms with van der Waals surface area (Å²) in [5.74, 6) is 1.98. The van der Waals surface area contributed by atoms with E-state index in [1.807, 2.05) is 52.8 Å². The summed E-state index contributed by atoms with van der Waals surface area (Å²) in [6.07, 6.45) is 3.07. The molecule has 2 heterocycles. The maximum absolute atomic E-state index is 4.78. The van der Waals surface area contributed by atoms with Crippen molar-refractivity contribution in [2.24, 2.45) is 0 Å². The lowest BCUT2D eigenvalue weighted by atomic mass is 10.2. The number of para-hydroxylation sites is 3. The molecule has 1 unspecified atom stereocenters. The molecule has 6 heteroatoms. The van der Waals surface area contributed by atoms with Gasteiger partial charge in [0.2, 0.25) is 0 Å². The number of aromatic nitrogens is 5. The van der Waals surface area contributed by atoms with Crippen LogP contribution in [0.4, 0.5) is 0 Å². The van der Waals surface area contributed by atoms with Gasteiger partial charge in [-0.1, -0.05) is 29.5 Å². The highest BCUT2D eigenvalue weighted by Gasteiger charge is 2.21. The van der Waals surface area contributed by atoms with Crippen LogP contribution in [0.5, 0.6) is 0 Å². The van der Waals surface area contributed by atoms with Gasteiger partial charge in [-0.15, -0.1) is 5.10 Å². The second-order valence-electron chi connectivity index (χ2n) is 5.46.